The number of hydrogen-bond donors (Lipinski definition) is 1. The van der Waals surface area contributed by atoms with Gasteiger partial charge in [0.05, 0.1) is 11.8 Å². The van der Waals surface area contributed by atoms with Crippen LogP contribution in [0.5, 0.6) is 0 Å². The van der Waals surface area contributed by atoms with Crippen molar-refractivity contribution in [2.45, 2.75) is 13.5 Å². The highest BCUT2D eigenvalue weighted by Gasteiger charge is 2.12. The first-order chi connectivity index (χ1) is 10.3. The largest absolute Gasteiger partial charge is 0.367 e. The fourth-order valence-corrected chi connectivity index (χ4v) is 3.03. The van der Waals surface area contributed by atoms with Gasteiger partial charge in [-0.25, -0.2) is 0 Å². The molecule has 0 aliphatic carbocycles. The van der Waals surface area contributed by atoms with Crippen LogP contribution in [-0.2, 0) is 6.54 Å². The summed E-state index contributed by atoms with van der Waals surface area (Å²) in [5.41, 5.74) is 10.2. The molecule has 4 aromatic rings. The van der Waals surface area contributed by atoms with Gasteiger partial charge in [0.25, 0.3) is 0 Å². The number of aromatic nitrogens is 2. The Labute approximate surface area is 121 Å². The van der Waals surface area contributed by atoms with E-state index in [2.05, 4.69) is 59.1 Å². The second-order valence-electron chi connectivity index (χ2n) is 5.10. The molecule has 104 valence electrons. The van der Waals surface area contributed by atoms with Crippen molar-refractivity contribution in [3.05, 3.63) is 48.7 Å². The van der Waals surface area contributed by atoms with Crippen LogP contribution >= 0.6 is 0 Å². The second kappa shape index (κ2) is 4.38. The molecule has 2 aromatic carbocycles. The minimum Gasteiger partial charge on any atom is -0.367 e. The highest BCUT2D eigenvalue weighted by Crippen LogP contribution is 2.34. The molecule has 4 heteroatoms. The smallest absolute Gasteiger partial charge is 0.229 e. The molecule has 0 amide bonds. The zero-order chi connectivity index (χ0) is 14.4. The number of hydrogen-bond acceptors (Lipinski definition) is 3. The molecule has 2 heterocycles. The van der Waals surface area contributed by atoms with Crippen molar-refractivity contribution in [1.82, 2.24) is 9.72 Å². The Morgan fingerprint density at radius 1 is 1.10 bits per heavy atom. The Kier molecular flexibility index (Phi) is 2.51. The van der Waals surface area contributed by atoms with Crippen LogP contribution in [0.3, 0.4) is 0 Å². The Bertz CT molecular complexity index is 949. The zero-order valence-electron chi connectivity index (χ0n) is 11.7. The molecule has 2 aromatic heterocycles. The minimum atomic E-state index is 0.355. The summed E-state index contributed by atoms with van der Waals surface area (Å²) < 4.78 is 7.29. The van der Waals surface area contributed by atoms with Gasteiger partial charge in [-0.3, -0.25) is 0 Å². The van der Waals surface area contributed by atoms with Crippen LogP contribution < -0.4 is 5.73 Å². The summed E-state index contributed by atoms with van der Waals surface area (Å²) in [7, 11) is 0. The van der Waals surface area contributed by atoms with Crippen LogP contribution in [0.2, 0.25) is 0 Å². The number of nitrogens with zero attached hydrogens (tertiary/aromatic N) is 2. The Hall–Kier alpha value is -2.75. The summed E-state index contributed by atoms with van der Waals surface area (Å²) in [6.07, 6.45) is 1.66. The van der Waals surface area contributed by atoms with Gasteiger partial charge in [0.1, 0.15) is 0 Å². The SMILES string of the molecule is CCn1c2ccccc2c2cc(-c3cnoc3N)ccc21. The fourth-order valence-electron chi connectivity index (χ4n) is 3.03. The van der Waals surface area contributed by atoms with E-state index in [0.717, 1.165) is 17.7 Å². The van der Waals surface area contributed by atoms with Crippen LogP contribution in [0.25, 0.3) is 32.9 Å². The number of anilines is 1. The number of nitrogens with two attached hydrogens (primary N) is 1. The monoisotopic (exact) mass is 277 g/mol. The van der Waals surface area contributed by atoms with Crippen molar-refractivity contribution >= 4 is 27.7 Å². The number of para-hydroxylation sites is 1. The number of benzene rings is 2. The predicted molar refractivity (Wildman–Crippen MR) is 85.0 cm³/mol. The van der Waals surface area contributed by atoms with E-state index in [-0.39, 0.29) is 0 Å². The lowest BCUT2D eigenvalue weighted by atomic mass is 10.1. The average Bonchev–Trinajstić information content (AvgIpc) is 3.08. The van der Waals surface area contributed by atoms with Crippen LogP contribution in [0, 0.1) is 0 Å². The third-order valence-electron chi connectivity index (χ3n) is 4.00. The highest BCUT2D eigenvalue weighted by atomic mass is 16.5. The van der Waals surface area contributed by atoms with Gasteiger partial charge in [-0.05, 0) is 30.7 Å². The lowest BCUT2D eigenvalue weighted by Crippen LogP contribution is -1.92. The molecule has 0 saturated carbocycles. The van der Waals surface area contributed by atoms with Crippen molar-refractivity contribution < 1.29 is 4.52 Å². The van der Waals surface area contributed by atoms with Gasteiger partial charge in [-0.15, -0.1) is 0 Å². The molecule has 0 atom stereocenters. The molecular formula is C17H15N3O. The molecule has 0 radical (unpaired) electrons. The third-order valence-corrected chi connectivity index (χ3v) is 4.00. The first kappa shape index (κ1) is 12.0. The first-order valence-electron chi connectivity index (χ1n) is 7.01. The quantitative estimate of drug-likeness (QED) is 0.601. The summed E-state index contributed by atoms with van der Waals surface area (Å²) >= 11 is 0. The summed E-state index contributed by atoms with van der Waals surface area (Å²) in [5.74, 6) is 0.355. The van der Waals surface area contributed by atoms with E-state index in [9.17, 15) is 0 Å². The summed E-state index contributed by atoms with van der Waals surface area (Å²) in [6.45, 7) is 3.11. The van der Waals surface area contributed by atoms with E-state index in [0.29, 0.717) is 5.88 Å². The summed E-state index contributed by atoms with van der Waals surface area (Å²) in [6, 6.07) is 14.8. The molecule has 4 nitrogen and oxygen atoms in total. The van der Waals surface area contributed by atoms with E-state index in [1.807, 2.05) is 0 Å². The third kappa shape index (κ3) is 1.65. The molecule has 0 fully saturated rings. The number of fused-ring (bicyclic) bond motifs is 3. The fraction of sp³-hybridized carbons (Fsp3) is 0.118. The van der Waals surface area contributed by atoms with Crippen LogP contribution in [0.1, 0.15) is 6.92 Å². The predicted octanol–water partition coefficient (Wildman–Crippen LogP) is 4.05. The minimum absolute atomic E-state index is 0.355. The van der Waals surface area contributed by atoms with E-state index in [1.54, 1.807) is 6.20 Å². The Balaban J connectivity index is 2.08. The molecule has 0 aliphatic heterocycles. The molecule has 21 heavy (non-hydrogen) atoms. The van der Waals surface area contributed by atoms with Gasteiger partial charge in [0, 0.05) is 28.4 Å². The highest BCUT2D eigenvalue weighted by molar-refractivity contribution is 6.09. The molecular weight excluding hydrogens is 262 g/mol. The van der Waals surface area contributed by atoms with Gasteiger partial charge in [0.2, 0.25) is 5.88 Å². The van der Waals surface area contributed by atoms with Crippen molar-refractivity contribution in [3.63, 3.8) is 0 Å². The molecule has 0 bridgehead atoms. The molecule has 0 saturated heterocycles. The van der Waals surface area contributed by atoms with Crippen LogP contribution in [0.4, 0.5) is 5.88 Å². The van der Waals surface area contributed by atoms with Gasteiger partial charge in [-0.2, -0.15) is 0 Å². The molecule has 0 aliphatic rings. The van der Waals surface area contributed by atoms with Gasteiger partial charge >= 0.3 is 0 Å². The van der Waals surface area contributed by atoms with Gasteiger partial charge in [0.15, 0.2) is 0 Å². The second-order valence-corrected chi connectivity index (χ2v) is 5.10. The van der Waals surface area contributed by atoms with Crippen molar-refractivity contribution in [1.29, 1.82) is 0 Å². The Morgan fingerprint density at radius 2 is 1.90 bits per heavy atom. The molecule has 2 N–H and O–H groups in total. The normalized spacial score (nSPS) is 11.5. The lowest BCUT2D eigenvalue weighted by molar-refractivity contribution is 0.436. The summed E-state index contributed by atoms with van der Waals surface area (Å²) in [4.78, 5) is 0. The first-order valence-corrected chi connectivity index (χ1v) is 7.01. The topological polar surface area (TPSA) is 57.0 Å². The van der Waals surface area contributed by atoms with Gasteiger partial charge < -0.3 is 14.8 Å². The molecule has 0 unspecified atom stereocenters. The van der Waals surface area contributed by atoms with E-state index in [1.165, 1.54) is 21.8 Å². The standard InChI is InChI=1S/C17H15N3O/c1-2-20-15-6-4-3-5-12(15)13-9-11(7-8-16(13)20)14-10-19-21-17(14)18/h3-10H,2,18H2,1H3. The summed E-state index contributed by atoms with van der Waals surface area (Å²) in [5, 5.41) is 6.24. The maximum atomic E-state index is 5.83. The van der Waals surface area contributed by atoms with E-state index < -0.39 is 0 Å². The van der Waals surface area contributed by atoms with E-state index in [4.69, 9.17) is 10.3 Å². The van der Waals surface area contributed by atoms with Crippen molar-refractivity contribution in [2.75, 3.05) is 5.73 Å². The number of aryl methyl sites for hydroxylation is 1. The lowest BCUT2D eigenvalue weighted by Gasteiger charge is -2.03. The van der Waals surface area contributed by atoms with Crippen molar-refractivity contribution in [2.24, 2.45) is 0 Å². The maximum absolute atomic E-state index is 5.83. The molecule has 0 spiro atoms. The maximum Gasteiger partial charge on any atom is 0.229 e. The van der Waals surface area contributed by atoms with Crippen LogP contribution in [0.15, 0.2) is 53.2 Å². The van der Waals surface area contributed by atoms with E-state index >= 15 is 0 Å². The van der Waals surface area contributed by atoms with Crippen molar-refractivity contribution in [3.8, 4) is 11.1 Å². The van der Waals surface area contributed by atoms with Crippen LogP contribution in [-0.4, -0.2) is 9.72 Å². The Morgan fingerprint density at radius 3 is 2.67 bits per heavy atom. The molecule has 4 rings (SSSR count). The average molecular weight is 277 g/mol. The number of nitrogen functional groups attached to an aromatic ring is 1. The number of rotatable bonds is 2. The van der Waals surface area contributed by atoms with Gasteiger partial charge in [-0.1, -0.05) is 29.4 Å². The zero-order valence-corrected chi connectivity index (χ0v) is 11.7.